The molecule has 2 amide bonds. The molecule has 2 aliphatic heterocycles. The second kappa shape index (κ2) is 10.4. The first-order chi connectivity index (χ1) is 14.4. The van der Waals surface area contributed by atoms with E-state index in [1.54, 1.807) is 33.0 Å². The Hall–Kier alpha value is -1.14. The molecule has 8 nitrogen and oxygen atoms in total. The molecule has 2 aliphatic rings. The summed E-state index contributed by atoms with van der Waals surface area (Å²) in [5, 5.41) is 1.68. The van der Waals surface area contributed by atoms with Gasteiger partial charge >= 0.3 is 0 Å². The number of hydrogen-bond donors (Lipinski definition) is 0. The summed E-state index contributed by atoms with van der Waals surface area (Å²) in [6, 6.07) is 1.55. The van der Waals surface area contributed by atoms with E-state index in [2.05, 4.69) is 4.90 Å². The number of nitrogens with zero attached hydrogens (tertiary/aromatic N) is 4. The highest BCUT2D eigenvalue weighted by molar-refractivity contribution is 7.99. The number of thiophene rings is 1. The topological polar surface area (TPSA) is 81.2 Å². The second-order valence-corrected chi connectivity index (χ2v) is 11.3. The van der Waals surface area contributed by atoms with Gasteiger partial charge in [0.15, 0.2) is 0 Å². The lowest BCUT2D eigenvalue weighted by atomic mass is 10.2. The minimum Gasteiger partial charge on any atom is -0.342 e. The molecule has 0 saturated carbocycles. The van der Waals surface area contributed by atoms with Gasteiger partial charge in [0.25, 0.3) is 5.91 Å². The van der Waals surface area contributed by atoms with E-state index in [1.165, 1.54) is 15.6 Å². The molecule has 0 aromatic carbocycles. The number of thioether (sulfide) groups is 1. The summed E-state index contributed by atoms with van der Waals surface area (Å²) in [7, 11) is -3.65. The summed E-state index contributed by atoms with van der Waals surface area (Å²) in [5.41, 5.74) is 0. The Morgan fingerprint density at radius 3 is 2.27 bits per heavy atom. The molecular weight excluding hydrogens is 444 g/mol. The first-order valence-corrected chi connectivity index (χ1v) is 13.8. The molecule has 168 valence electrons. The van der Waals surface area contributed by atoms with E-state index >= 15 is 0 Å². The third-order valence-corrected chi connectivity index (χ3v) is 9.46. The SMILES string of the molecule is CCN(CC)C(=O)CN1CCN(C(=O)c2sccc2S(=O)(=O)N2CCSCC2)CC1. The van der Waals surface area contributed by atoms with Gasteiger partial charge in [0.05, 0.1) is 6.54 Å². The van der Waals surface area contributed by atoms with Crippen LogP contribution in [-0.2, 0) is 14.8 Å². The third-order valence-electron chi connectivity index (χ3n) is 5.55. The van der Waals surface area contributed by atoms with Gasteiger partial charge in [-0.05, 0) is 25.3 Å². The number of hydrogen-bond acceptors (Lipinski definition) is 7. The van der Waals surface area contributed by atoms with E-state index in [9.17, 15) is 18.0 Å². The molecule has 0 spiro atoms. The molecule has 0 aliphatic carbocycles. The van der Waals surface area contributed by atoms with Gasteiger partial charge in [0, 0.05) is 63.9 Å². The van der Waals surface area contributed by atoms with Crippen LogP contribution in [0.2, 0.25) is 0 Å². The molecule has 11 heteroatoms. The molecule has 1 aromatic rings. The van der Waals surface area contributed by atoms with E-state index in [4.69, 9.17) is 0 Å². The van der Waals surface area contributed by atoms with Crippen LogP contribution in [0.25, 0.3) is 0 Å². The molecular formula is C19H30N4O4S3. The van der Waals surface area contributed by atoms with Gasteiger partial charge in [-0.3, -0.25) is 14.5 Å². The highest BCUT2D eigenvalue weighted by Gasteiger charge is 2.33. The van der Waals surface area contributed by atoms with E-state index in [0.717, 1.165) is 11.5 Å². The maximum Gasteiger partial charge on any atom is 0.265 e. The van der Waals surface area contributed by atoms with Crippen molar-refractivity contribution >= 4 is 44.9 Å². The minimum absolute atomic E-state index is 0.103. The van der Waals surface area contributed by atoms with Crippen LogP contribution in [0.3, 0.4) is 0 Å². The Kier molecular flexibility index (Phi) is 8.19. The summed E-state index contributed by atoms with van der Waals surface area (Å²) >= 11 is 2.93. The van der Waals surface area contributed by atoms with E-state index in [0.29, 0.717) is 63.8 Å². The Morgan fingerprint density at radius 2 is 1.67 bits per heavy atom. The molecule has 3 heterocycles. The lowest BCUT2D eigenvalue weighted by molar-refractivity contribution is -0.132. The molecule has 2 saturated heterocycles. The molecule has 0 radical (unpaired) electrons. The summed E-state index contributed by atoms with van der Waals surface area (Å²) < 4.78 is 27.6. The van der Waals surface area contributed by atoms with Gasteiger partial charge < -0.3 is 9.80 Å². The molecule has 0 N–H and O–H groups in total. The summed E-state index contributed by atoms with van der Waals surface area (Å²) in [5.74, 6) is 1.43. The lowest BCUT2D eigenvalue weighted by Gasteiger charge is -2.35. The van der Waals surface area contributed by atoms with Gasteiger partial charge in [0.1, 0.15) is 9.77 Å². The van der Waals surface area contributed by atoms with Crippen LogP contribution in [0.5, 0.6) is 0 Å². The fourth-order valence-corrected chi connectivity index (χ4v) is 7.64. The number of amides is 2. The van der Waals surface area contributed by atoms with Crippen molar-refractivity contribution < 1.29 is 18.0 Å². The van der Waals surface area contributed by atoms with E-state index in [-0.39, 0.29) is 16.7 Å². The molecule has 3 rings (SSSR count). The summed E-state index contributed by atoms with van der Waals surface area (Å²) in [6.07, 6.45) is 0. The predicted molar refractivity (Wildman–Crippen MR) is 121 cm³/mol. The Morgan fingerprint density at radius 1 is 1.03 bits per heavy atom. The van der Waals surface area contributed by atoms with Gasteiger partial charge in [-0.2, -0.15) is 16.1 Å². The van der Waals surface area contributed by atoms with Gasteiger partial charge in [-0.15, -0.1) is 11.3 Å². The molecule has 1 aromatic heterocycles. The predicted octanol–water partition coefficient (Wildman–Crippen LogP) is 1.11. The summed E-state index contributed by atoms with van der Waals surface area (Å²) in [6.45, 7) is 8.83. The van der Waals surface area contributed by atoms with Gasteiger partial charge in [0.2, 0.25) is 15.9 Å². The smallest absolute Gasteiger partial charge is 0.265 e. The van der Waals surface area contributed by atoms with Crippen LogP contribution in [0, 0.1) is 0 Å². The lowest BCUT2D eigenvalue weighted by Crippen LogP contribution is -2.51. The van der Waals surface area contributed by atoms with E-state index in [1.807, 2.05) is 13.8 Å². The van der Waals surface area contributed by atoms with Gasteiger partial charge in [-0.1, -0.05) is 0 Å². The van der Waals surface area contributed by atoms with Crippen molar-refractivity contribution in [1.82, 2.24) is 19.0 Å². The zero-order valence-corrected chi connectivity index (χ0v) is 20.0. The Balaban J connectivity index is 1.63. The van der Waals surface area contributed by atoms with Crippen LogP contribution < -0.4 is 0 Å². The Labute approximate surface area is 187 Å². The van der Waals surface area contributed by atoms with E-state index < -0.39 is 10.0 Å². The van der Waals surface area contributed by atoms with Crippen LogP contribution in [0.4, 0.5) is 0 Å². The first kappa shape index (κ1) is 23.5. The minimum atomic E-state index is -3.65. The first-order valence-electron chi connectivity index (χ1n) is 10.3. The van der Waals surface area contributed by atoms with Crippen molar-refractivity contribution in [3.05, 3.63) is 16.3 Å². The number of piperazine rings is 1. The number of sulfonamides is 1. The molecule has 0 atom stereocenters. The molecule has 0 unspecified atom stereocenters. The average Bonchev–Trinajstić information content (AvgIpc) is 3.26. The quantitative estimate of drug-likeness (QED) is 0.589. The number of carbonyl (C=O) groups excluding carboxylic acids is 2. The zero-order valence-electron chi connectivity index (χ0n) is 17.6. The largest absolute Gasteiger partial charge is 0.342 e. The van der Waals surface area contributed by atoms with Crippen LogP contribution in [0.1, 0.15) is 23.5 Å². The maximum atomic E-state index is 13.1. The molecule has 2 fully saturated rings. The standard InChI is InChI=1S/C19H30N4O4S3/c1-3-21(4-2)17(24)15-20-6-8-22(9-7-20)19(25)18-16(5-12-29-18)30(26,27)23-10-13-28-14-11-23/h5,12H,3-4,6-11,13-15H2,1-2H3. The fourth-order valence-electron chi connectivity index (χ4n) is 3.70. The van der Waals surface area contributed by atoms with Gasteiger partial charge in [-0.25, -0.2) is 8.42 Å². The maximum absolute atomic E-state index is 13.1. The van der Waals surface area contributed by atoms with Crippen LogP contribution in [0.15, 0.2) is 16.3 Å². The number of carbonyl (C=O) groups is 2. The highest BCUT2D eigenvalue weighted by atomic mass is 32.2. The molecule has 30 heavy (non-hydrogen) atoms. The monoisotopic (exact) mass is 474 g/mol. The van der Waals surface area contributed by atoms with Crippen LogP contribution >= 0.6 is 23.1 Å². The van der Waals surface area contributed by atoms with Crippen molar-refractivity contribution in [3.8, 4) is 0 Å². The molecule has 0 bridgehead atoms. The summed E-state index contributed by atoms with van der Waals surface area (Å²) in [4.78, 5) is 31.4. The average molecular weight is 475 g/mol. The van der Waals surface area contributed by atoms with Crippen molar-refractivity contribution in [2.45, 2.75) is 18.7 Å². The Bertz CT molecular complexity index is 840. The van der Waals surface area contributed by atoms with Crippen molar-refractivity contribution in [3.63, 3.8) is 0 Å². The normalized spacial score (nSPS) is 19.1. The van der Waals surface area contributed by atoms with Crippen molar-refractivity contribution in [2.24, 2.45) is 0 Å². The number of likely N-dealkylation sites (N-methyl/N-ethyl adjacent to an activating group) is 1. The van der Waals surface area contributed by atoms with Crippen molar-refractivity contribution in [1.29, 1.82) is 0 Å². The number of rotatable bonds is 7. The van der Waals surface area contributed by atoms with Crippen LogP contribution in [-0.4, -0.2) is 110 Å². The third kappa shape index (κ3) is 5.18. The van der Waals surface area contributed by atoms with Crippen molar-refractivity contribution in [2.75, 3.05) is 70.4 Å². The fraction of sp³-hybridized carbons (Fsp3) is 0.684. The second-order valence-electron chi connectivity index (χ2n) is 7.26. The highest BCUT2D eigenvalue weighted by Crippen LogP contribution is 2.28. The zero-order chi connectivity index (χ0) is 21.7.